The maximum absolute atomic E-state index is 12.3. The van der Waals surface area contributed by atoms with Crippen molar-refractivity contribution in [1.82, 2.24) is 0 Å². The zero-order valence-electron chi connectivity index (χ0n) is 19.5. The Kier molecular flexibility index (Phi) is 9.68. The van der Waals surface area contributed by atoms with Gasteiger partial charge in [-0.05, 0) is 48.2 Å². The van der Waals surface area contributed by atoms with E-state index in [2.05, 4.69) is 10.6 Å². The van der Waals surface area contributed by atoms with Crippen LogP contribution in [0.25, 0.3) is 0 Å². The molecule has 0 bridgehead atoms. The van der Waals surface area contributed by atoms with Gasteiger partial charge in [0, 0.05) is 17.8 Å². The first-order valence-corrected chi connectivity index (χ1v) is 11.3. The summed E-state index contributed by atoms with van der Waals surface area (Å²) in [7, 11) is 0. The molecule has 2 N–H and O–H groups in total. The van der Waals surface area contributed by atoms with E-state index in [1.54, 1.807) is 25.1 Å². The standard InChI is InChI=1S/C27H28N2O6/c1-2-33-25(30)14-13-22-15-23(28-26(31)34-18-20-9-5-3-6-10-20)17-24(16-22)29-27(32)35-19-21-11-7-4-8-12-21/h3-12,15-17H,2,13-14,18-19H2,1H3,(H,28,31)(H,29,32). The van der Waals surface area contributed by atoms with Gasteiger partial charge in [-0.25, -0.2) is 9.59 Å². The monoisotopic (exact) mass is 476 g/mol. The van der Waals surface area contributed by atoms with Crippen molar-refractivity contribution < 1.29 is 28.6 Å². The summed E-state index contributed by atoms with van der Waals surface area (Å²) < 4.78 is 15.5. The summed E-state index contributed by atoms with van der Waals surface area (Å²) in [6.07, 6.45) is -0.766. The predicted molar refractivity (Wildman–Crippen MR) is 132 cm³/mol. The molecular formula is C27H28N2O6. The number of hydrogen-bond donors (Lipinski definition) is 2. The zero-order chi connectivity index (χ0) is 24.9. The number of anilines is 2. The highest BCUT2D eigenvalue weighted by Crippen LogP contribution is 2.21. The summed E-state index contributed by atoms with van der Waals surface area (Å²) in [5, 5.41) is 5.33. The Morgan fingerprint density at radius 2 is 1.14 bits per heavy atom. The van der Waals surface area contributed by atoms with Crippen molar-refractivity contribution in [2.24, 2.45) is 0 Å². The fraction of sp³-hybridized carbons (Fsp3) is 0.222. The number of carbonyl (C=O) groups is 3. The molecule has 0 aliphatic carbocycles. The van der Waals surface area contributed by atoms with Crippen LogP contribution in [0.1, 0.15) is 30.0 Å². The van der Waals surface area contributed by atoms with Gasteiger partial charge in [-0.1, -0.05) is 60.7 Å². The van der Waals surface area contributed by atoms with Crippen LogP contribution in [0.2, 0.25) is 0 Å². The van der Waals surface area contributed by atoms with E-state index in [0.717, 1.165) is 16.7 Å². The molecule has 8 nitrogen and oxygen atoms in total. The van der Waals surface area contributed by atoms with E-state index in [1.165, 1.54) is 0 Å². The summed E-state index contributed by atoms with van der Waals surface area (Å²) in [6.45, 7) is 2.28. The molecule has 0 heterocycles. The van der Waals surface area contributed by atoms with Crippen LogP contribution in [0.4, 0.5) is 21.0 Å². The number of nitrogens with one attached hydrogen (secondary N) is 2. The maximum Gasteiger partial charge on any atom is 0.411 e. The van der Waals surface area contributed by atoms with Gasteiger partial charge in [0.05, 0.1) is 6.61 Å². The normalized spacial score (nSPS) is 10.2. The van der Waals surface area contributed by atoms with Gasteiger partial charge < -0.3 is 14.2 Å². The van der Waals surface area contributed by atoms with Gasteiger partial charge >= 0.3 is 18.2 Å². The average molecular weight is 477 g/mol. The van der Waals surface area contributed by atoms with E-state index in [9.17, 15) is 14.4 Å². The second-order valence-corrected chi connectivity index (χ2v) is 7.60. The number of rotatable bonds is 10. The molecule has 0 saturated heterocycles. The van der Waals surface area contributed by atoms with Crippen molar-refractivity contribution >= 4 is 29.5 Å². The smallest absolute Gasteiger partial charge is 0.411 e. The van der Waals surface area contributed by atoms with Gasteiger partial charge in [0.15, 0.2) is 0 Å². The lowest BCUT2D eigenvalue weighted by Gasteiger charge is -2.13. The Bertz CT molecular complexity index is 1040. The van der Waals surface area contributed by atoms with Gasteiger partial charge in [-0.3, -0.25) is 15.4 Å². The number of benzene rings is 3. The molecule has 3 aromatic rings. The third kappa shape index (κ3) is 9.21. The second-order valence-electron chi connectivity index (χ2n) is 7.60. The molecule has 2 amide bonds. The molecule has 0 spiro atoms. The highest BCUT2D eigenvalue weighted by molar-refractivity contribution is 5.89. The van der Waals surface area contributed by atoms with Crippen LogP contribution < -0.4 is 10.6 Å². The van der Waals surface area contributed by atoms with Crippen molar-refractivity contribution in [3.8, 4) is 0 Å². The maximum atomic E-state index is 12.3. The first-order chi connectivity index (χ1) is 17.0. The quantitative estimate of drug-likeness (QED) is 0.288. The van der Waals surface area contributed by atoms with Gasteiger partial charge in [-0.2, -0.15) is 0 Å². The second kappa shape index (κ2) is 13.4. The van der Waals surface area contributed by atoms with E-state index in [-0.39, 0.29) is 25.6 Å². The number of aryl methyl sites for hydroxylation is 1. The van der Waals surface area contributed by atoms with Crippen LogP contribution in [0.3, 0.4) is 0 Å². The van der Waals surface area contributed by atoms with Gasteiger partial charge in [0.2, 0.25) is 0 Å². The molecule has 0 saturated carbocycles. The van der Waals surface area contributed by atoms with Crippen molar-refractivity contribution in [3.05, 3.63) is 95.6 Å². The summed E-state index contributed by atoms with van der Waals surface area (Å²) in [6, 6.07) is 23.6. The van der Waals surface area contributed by atoms with E-state index >= 15 is 0 Å². The van der Waals surface area contributed by atoms with E-state index in [4.69, 9.17) is 14.2 Å². The molecule has 8 heteroatoms. The van der Waals surface area contributed by atoms with E-state index in [1.807, 2.05) is 60.7 Å². The third-order valence-electron chi connectivity index (χ3n) is 4.83. The number of ether oxygens (including phenoxy) is 3. The third-order valence-corrected chi connectivity index (χ3v) is 4.83. The fourth-order valence-corrected chi connectivity index (χ4v) is 3.21. The largest absolute Gasteiger partial charge is 0.466 e. The van der Waals surface area contributed by atoms with Crippen LogP contribution in [-0.4, -0.2) is 24.8 Å². The number of esters is 1. The van der Waals surface area contributed by atoms with Crippen LogP contribution >= 0.6 is 0 Å². The lowest BCUT2D eigenvalue weighted by atomic mass is 10.1. The molecule has 0 atom stereocenters. The molecular weight excluding hydrogens is 448 g/mol. The minimum atomic E-state index is -0.644. The highest BCUT2D eigenvalue weighted by atomic mass is 16.6. The molecule has 3 aromatic carbocycles. The highest BCUT2D eigenvalue weighted by Gasteiger charge is 2.11. The van der Waals surface area contributed by atoms with Crippen LogP contribution in [-0.2, 0) is 38.6 Å². The minimum absolute atomic E-state index is 0.117. The zero-order valence-corrected chi connectivity index (χ0v) is 19.5. The Morgan fingerprint density at radius 3 is 1.60 bits per heavy atom. The van der Waals surface area contributed by atoms with Crippen molar-refractivity contribution in [2.75, 3.05) is 17.2 Å². The molecule has 3 rings (SSSR count). The number of amides is 2. The van der Waals surface area contributed by atoms with Crippen molar-refractivity contribution in [2.45, 2.75) is 33.0 Å². The number of carbonyl (C=O) groups excluding carboxylic acids is 3. The average Bonchev–Trinajstić information content (AvgIpc) is 2.86. The molecule has 0 unspecified atom stereocenters. The van der Waals surface area contributed by atoms with Gasteiger partial charge in [0.25, 0.3) is 0 Å². The Morgan fingerprint density at radius 1 is 0.657 bits per heavy atom. The molecule has 35 heavy (non-hydrogen) atoms. The molecule has 0 radical (unpaired) electrons. The van der Waals surface area contributed by atoms with Crippen molar-refractivity contribution in [1.29, 1.82) is 0 Å². The topological polar surface area (TPSA) is 103 Å². The minimum Gasteiger partial charge on any atom is -0.466 e. The molecule has 0 aromatic heterocycles. The first-order valence-electron chi connectivity index (χ1n) is 11.3. The van der Waals surface area contributed by atoms with E-state index < -0.39 is 12.2 Å². The van der Waals surface area contributed by atoms with Crippen LogP contribution in [0, 0.1) is 0 Å². The number of hydrogen-bond acceptors (Lipinski definition) is 6. The Labute approximate surface area is 204 Å². The summed E-state index contributed by atoms with van der Waals surface area (Å²) in [5.74, 6) is -0.329. The van der Waals surface area contributed by atoms with Gasteiger partial charge in [0.1, 0.15) is 13.2 Å². The first kappa shape index (κ1) is 25.3. The SMILES string of the molecule is CCOC(=O)CCc1cc(NC(=O)OCc2ccccc2)cc(NC(=O)OCc2ccccc2)c1. The van der Waals surface area contributed by atoms with Gasteiger partial charge in [-0.15, -0.1) is 0 Å². The van der Waals surface area contributed by atoms with Crippen molar-refractivity contribution in [3.63, 3.8) is 0 Å². The lowest BCUT2D eigenvalue weighted by Crippen LogP contribution is -2.16. The van der Waals surface area contributed by atoms with E-state index in [0.29, 0.717) is 24.4 Å². The summed E-state index contributed by atoms with van der Waals surface area (Å²) in [5.41, 5.74) is 3.24. The van der Waals surface area contributed by atoms with Crippen LogP contribution in [0.15, 0.2) is 78.9 Å². The molecule has 0 fully saturated rings. The van der Waals surface area contributed by atoms with Crippen LogP contribution in [0.5, 0.6) is 0 Å². The lowest BCUT2D eigenvalue weighted by molar-refractivity contribution is -0.143. The Balaban J connectivity index is 1.65. The predicted octanol–water partition coefficient (Wildman–Crippen LogP) is 5.68. The summed E-state index contributed by atoms with van der Waals surface area (Å²) in [4.78, 5) is 36.4. The fourth-order valence-electron chi connectivity index (χ4n) is 3.21. The molecule has 182 valence electrons. The Hall–Kier alpha value is -4.33. The molecule has 0 aliphatic rings. The molecule has 0 aliphatic heterocycles. The summed E-state index contributed by atoms with van der Waals surface area (Å²) >= 11 is 0.